The van der Waals surface area contributed by atoms with Crippen LogP contribution in [0.4, 0.5) is 15.9 Å². The molecule has 7 nitrogen and oxygen atoms in total. The molecule has 0 radical (unpaired) electrons. The summed E-state index contributed by atoms with van der Waals surface area (Å²) < 4.78 is 15.8. The quantitative estimate of drug-likeness (QED) is 0.380. The third kappa shape index (κ3) is 3.15. The largest absolute Gasteiger partial charge is 0.329 e. The molecule has 0 spiro atoms. The van der Waals surface area contributed by atoms with Gasteiger partial charge in [-0.3, -0.25) is 9.97 Å². The minimum absolute atomic E-state index is 0.175. The number of rotatable bonds is 4. The van der Waals surface area contributed by atoms with Gasteiger partial charge in [-0.25, -0.2) is 8.79 Å². The molecular formula is C23H17ClFN7. The lowest BCUT2D eigenvalue weighted by Crippen LogP contribution is -2.13. The second kappa shape index (κ2) is 7.20. The van der Waals surface area contributed by atoms with E-state index >= 15 is 0 Å². The molecule has 32 heavy (non-hydrogen) atoms. The van der Waals surface area contributed by atoms with Gasteiger partial charge < -0.3 is 4.90 Å². The second-order valence-electron chi connectivity index (χ2n) is 7.91. The topological polar surface area (TPSA) is 72.1 Å². The average Bonchev–Trinajstić information content (AvgIpc) is 3.61. The smallest absolute Gasteiger partial charge is 0.258 e. The Morgan fingerprint density at radius 1 is 1.06 bits per heavy atom. The number of nitrogens with zero attached hydrogens (tertiary/aromatic N) is 7. The predicted molar refractivity (Wildman–Crippen MR) is 121 cm³/mol. The molecule has 0 aliphatic heterocycles. The molecule has 0 N–H and O–H groups in total. The summed E-state index contributed by atoms with van der Waals surface area (Å²) in [6, 6.07) is 12.4. The normalized spacial score (nSPS) is 13.7. The Bertz CT molecular complexity index is 1480. The number of benzene rings is 2. The molecule has 3 aromatic heterocycles. The lowest BCUT2D eigenvalue weighted by molar-refractivity contribution is 0.629. The van der Waals surface area contributed by atoms with Gasteiger partial charge in [0.05, 0.1) is 23.1 Å². The second-order valence-corrected chi connectivity index (χ2v) is 8.25. The molecule has 1 aliphatic carbocycles. The molecule has 1 aliphatic rings. The molecule has 158 valence electrons. The Hall–Kier alpha value is -3.65. The van der Waals surface area contributed by atoms with Crippen molar-refractivity contribution in [3.8, 4) is 11.3 Å². The van der Waals surface area contributed by atoms with Crippen molar-refractivity contribution in [1.29, 1.82) is 0 Å². The number of fused-ring (bicyclic) bond motifs is 3. The zero-order valence-corrected chi connectivity index (χ0v) is 17.8. The van der Waals surface area contributed by atoms with Gasteiger partial charge in [-0.05, 0) is 54.8 Å². The first-order valence-electron chi connectivity index (χ1n) is 10.2. The van der Waals surface area contributed by atoms with Gasteiger partial charge in [0.25, 0.3) is 5.78 Å². The number of hydrogen-bond donors (Lipinski definition) is 0. The van der Waals surface area contributed by atoms with Crippen LogP contribution in [0.25, 0.3) is 27.9 Å². The van der Waals surface area contributed by atoms with Crippen molar-refractivity contribution < 1.29 is 4.39 Å². The summed E-state index contributed by atoms with van der Waals surface area (Å²) in [4.78, 5) is 15.7. The fraction of sp³-hybridized carbons (Fsp3) is 0.174. The molecule has 2 aromatic carbocycles. The van der Waals surface area contributed by atoms with Crippen LogP contribution in [0, 0.1) is 5.82 Å². The summed E-state index contributed by atoms with van der Waals surface area (Å²) in [6.07, 6.45) is 6.07. The molecule has 9 heteroatoms. The number of halogens is 2. The summed E-state index contributed by atoms with van der Waals surface area (Å²) in [7, 11) is 1.88. The van der Waals surface area contributed by atoms with E-state index in [0.29, 0.717) is 28.4 Å². The van der Waals surface area contributed by atoms with E-state index in [1.807, 2.05) is 48.6 Å². The molecule has 0 amide bonds. The van der Waals surface area contributed by atoms with E-state index in [4.69, 9.17) is 11.6 Å². The Morgan fingerprint density at radius 3 is 2.72 bits per heavy atom. The van der Waals surface area contributed by atoms with E-state index in [0.717, 1.165) is 22.6 Å². The van der Waals surface area contributed by atoms with Gasteiger partial charge >= 0.3 is 0 Å². The maximum Gasteiger partial charge on any atom is 0.258 e. The first-order valence-corrected chi connectivity index (χ1v) is 10.6. The fourth-order valence-electron chi connectivity index (χ4n) is 3.90. The van der Waals surface area contributed by atoms with E-state index in [-0.39, 0.29) is 11.1 Å². The van der Waals surface area contributed by atoms with Crippen molar-refractivity contribution in [2.45, 2.75) is 18.8 Å². The molecule has 1 saturated carbocycles. The summed E-state index contributed by atoms with van der Waals surface area (Å²) in [6.45, 7) is 0. The molecule has 0 atom stereocenters. The van der Waals surface area contributed by atoms with Crippen LogP contribution in [0.5, 0.6) is 0 Å². The minimum atomic E-state index is -0.364. The highest BCUT2D eigenvalue weighted by molar-refractivity contribution is 6.29. The summed E-state index contributed by atoms with van der Waals surface area (Å²) in [5.41, 5.74) is 4.33. The van der Waals surface area contributed by atoms with Crippen molar-refractivity contribution in [3.63, 3.8) is 0 Å². The minimum Gasteiger partial charge on any atom is -0.329 e. The van der Waals surface area contributed by atoms with Crippen LogP contribution in [0.15, 0.2) is 54.9 Å². The van der Waals surface area contributed by atoms with Crippen LogP contribution in [0.3, 0.4) is 0 Å². The van der Waals surface area contributed by atoms with Crippen molar-refractivity contribution >= 4 is 39.8 Å². The number of anilines is 2. The van der Waals surface area contributed by atoms with Crippen LogP contribution < -0.4 is 4.90 Å². The monoisotopic (exact) mass is 445 g/mol. The Morgan fingerprint density at radius 2 is 1.94 bits per heavy atom. The van der Waals surface area contributed by atoms with E-state index in [9.17, 15) is 4.39 Å². The summed E-state index contributed by atoms with van der Waals surface area (Å²) >= 11 is 6.19. The number of hydrogen-bond acceptors (Lipinski definition) is 6. The van der Waals surface area contributed by atoms with Gasteiger partial charge in [0.15, 0.2) is 0 Å². The van der Waals surface area contributed by atoms with Gasteiger partial charge in [0.2, 0.25) is 5.28 Å². The van der Waals surface area contributed by atoms with Gasteiger partial charge in [0, 0.05) is 35.8 Å². The zero-order valence-electron chi connectivity index (χ0n) is 17.1. The van der Waals surface area contributed by atoms with Crippen LogP contribution >= 0.6 is 11.6 Å². The average molecular weight is 446 g/mol. The highest BCUT2D eigenvalue weighted by Gasteiger charge is 2.25. The molecule has 3 heterocycles. The SMILES string of the molecule is CN(c1cccc(-c2cnc(C3CC3)cn2)c1)c1nc2nnc(Cl)n2c2ccc(F)cc12. The van der Waals surface area contributed by atoms with Gasteiger partial charge in [-0.15, -0.1) is 10.2 Å². The van der Waals surface area contributed by atoms with Crippen LogP contribution in [-0.4, -0.2) is 36.6 Å². The van der Waals surface area contributed by atoms with E-state index < -0.39 is 0 Å². The lowest BCUT2D eigenvalue weighted by Gasteiger charge is -2.21. The van der Waals surface area contributed by atoms with E-state index in [2.05, 4.69) is 25.1 Å². The molecular weight excluding hydrogens is 429 g/mol. The molecule has 1 fully saturated rings. The Labute approximate surface area is 187 Å². The van der Waals surface area contributed by atoms with E-state index in [1.54, 1.807) is 10.5 Å². The molecule has 5 aromatic rings. The fourth-order valence-corrected chi connectivity index (χ4v) is 4.11. The van der Waals surface area contributed by atoms with E-state index in [1.165, 1.54) is 25.0 Å². The van der Waals surface area contributed by atoms with Crippen molar-refractivity contribution in [2.75, 3.05) is 11.9 Å². The van der Waals surface area contributed by atoms with Crippen LogP contribution in [-0.2, 0) is 0 Å². The van der Waals surface area contributed by atoms with Gasteiger partial charge in [-0.2, -0.15) is 4.98 Å². The Kier molecular flexibility index (Phi) is 4.29. The molecule has 6 rings (SSSR count). The van der Waals surface area contributed by atoms with Gasteiger partial charge in [0.1, 0.15) is 11.6 Å². The van der Waals surface area contributed by atoms with Gasteiger partial charge in [-0.1, -0.05) is 12.1 Å². The first kappa shape index (κ1) is 19.1. The third-order valence-electron chi connectivity index (χ3n) is 5.77. The standard InChI is InChI=1S/C23H17ClFN7/c1-31(16-4-2-3-14(9-16)19-12-26-18(11-27-19)13-5-6-13)21-17-10-15(25)7-8-20(17)32-22(24)29-30-23(32)28-21/h2-4,7-13H,5-6H2,1H3. The first-order chi connectivity index (χ1) is 15.6. The lowest BCUT2D eigenvalue weighted by atomic mass is 10.1. The third-order valence-corrected chi connectivity index (χ3v) is 6.01. The van der Waals surface area contributed by atoms with Crippen molar-refractivity contribution in [2.24, 2.45) is 0 Å². The predicted octanol–water partition coefficient (Wildman–Crippen LogP) is 5.17. The van der Waals surface area contributed by atoms with Crippen molar-refractivity contribution in [1.82, 2.24) is 29.5 Å². The maximum atomic E-state index is 14.2. The molecule has 0 bridgehead atoms. The van der Waals surface area contributed by atoms with Crippen LogP contribution in [0.1, 0.15) is 24.5 Å². The highest BCUT2D eigenvalue weighted by atomic mass is 35.5. The summed E-state index contributed by atoms with van der Waals surface area (Å²) in [5.74, 6) is 1.09. The van der Waals surface area contributed by atoms with Crippen LogP contribution in [0.2, 0.25) is 5.28 Å². The zero-order chi connectivity index (χ0) is 21.8. The number of aromatic nitrogens is 6. The highest BCUT2D eigenvalue weighted by Crippen LogP contribution is 2.39. The summed E-state index contributed by atoms with van der Waals surface area (Å²) in [5, 5.41) is 8.73. The molecule has 0 unspecified atom stereocenters. The maximum absolute atomic E-state index is 14.2. The molecule has 0 saturated heterocycles. The van der Waals surface area contributed by atoms with Crippen molar-refractivity contribution in [3.05, 3.63) is 71.7 Å². The Balaban J connectivity index is 1.45.